The van der Waals surface area contributed by atoms with E-state index in [0.29, 0.717) is 23.3 Å². The lowest BCUT2D eigenvalue weighted by molar-refractivity contribution is -0.119. The third kappa shape index (κ3) is 2.60. The van der Waals surface area contributed by atoms with Crippen LogP contribution in [0.25, 0.3) is 11.1 Å². The van der Waals surface area contributed by atoms with Gasteiger partial charge in [0.2, 0.25) is 5.91 Å². The highest BCUT2D eigenvalue weighted by Crippen LogP contribution is 2.26. The van der Waals surface area contributed by atoms with Gasteiger partial charge in [-0.25, -0.2) is 4.79 Å². The summed E-state index contributed by atoms with van der Waals surface area (Å²) < 4.78 is 10.4. The van der Waals surface area contributed by atoms with Crippen LogP contribution in [0.1, 0.15) is 6.92 Å². The molecule has 2 amide bonds. The Bertz CT molecular complexity index is 711. The Labute approximate surface area is 119 Å². The van der Waals surface area contributed by atoms with Crippen molar-refractivity contribution in [2.45, 2.75) is 13.0 Å². The number of nitrogens with two attached hydrogens (primary N) is 1. The number of hydrogen-bond donors (Lipinski definition) is 2. The van der Waals surface area contributed by atoms with Crippen LogP contribution < -0.4 is 16.0 Å². The van der Waals surface area contributed by atoms with Crippen molar-refractivity contribution in [3.05, 3.63) is 18.2 Å². The maximum Gasteiger partial charge on any atom is 0.414 e. The number of anilines is 2. The van der Waals surface area contributed by atoms with E-state index in [1.807, 2.05) is 0 Å². The molecule has 2 heterocycles. The van der Waals surface area contributed by atoms with Gasteiger partial charge in [0.1, 0.15) is 11.6 Å². The summed E-state index contributed by atoms with van der Waals surface area (Å²) in [6.45, 7) is 2.06. The second-order valence-corrected chi connectivity index (χ2v) is 4.76. The predicted octanol–water partition coefficient (Wildman–Crippen LogP) is 0.871. The van der Waals surface area contributed by atoms with Gasteiger partial charge in [-0.15, -0.1) is 0 Å². The number of aromatic nitrogens is 1. The Morgan fingerprint density at radius 3 is 3.14 bits per heavy atom. The molecule has 1 aliphatic heterocycles. The standard InChI is InChI=1S/C13H14N4O4/c1-7(18)15-5-9-6-17(13(19)20-9)8-2-3-10-11(4-8)21-12(14)16-10/h2-4,9H,5-6H2,1H3,(H2,14,16)(H,15,18)/t9-/m0/s1. The molecule has 0 radical (unpaired) electrons. The van der Waals surface area contributed by atoms with Crippen molar-refractivity contribution in [3.8, 4) is 0 Å². The van der Waals surface area contributed by atoms with Crippen molar-refractivity contribution in [2.75, 3.05) is 23.7 Å². The van der Waals surface area contributed by atoms with E-state index in [9.17, 15) is 9.59 Å². The fraction of sp³-hybridized carbons (Fsp3) is 0.308. The SMILES string of the molecule is CC(=O)NC[C@H]1CN(c2ccc3nc(N)oc3c2)C(=O)O1. The number of carbonyl (C=O) groups is 2. The summed E-state index contributed by atoms with van der Waals surface area (Å²) in [5, 5.41) is 2.63. The van der Waals surface area contributed by atoms with Crippen LogP contribution in [-0.2, 0) is 9.53 Å². The Kier molecular flexibility index (Phi) is 3.13. The number of carbonyl (C=O) groups excluding carboxylic acids is 2. The van der Waals surface area contributed by atoms with E-state index in [-0.39, 0.29) is 24.6 Å². The molecule has 1 fully saturated rings. The minimum absolute atomic E-state index is 0.0784. The largest absolute Gasteiger partial charge is 0.442 e. The Hall–Kier alpha value is -2.77. The number of fused-ring (bicyclic) bond motifs is 1. The molecule has 8 heteroatoms. The molecule has 1 aromatic heterocycles. The van der Waals surface area contributed by atoms with E-state index in [0.717, 1.165) is 0 Å². The van der Waals surface area contributed by atoms with Gasteiger partial charge in [0.15, 0.2) is 5.58 Å². The fourth-order valence-corrected chi connectivity index (χ4v) is 2.20. The number of nitrogens with zero attached hydrogens (tertiary/aromatic N) is 2. The lowest BCUT2D eigenvalue weighted by Crippen LogP contribution is -2.33. The smallest absolute Gasteiger partial charge is 0.414 e. The van der Waals surface area contributed by atoms with Crippen LogP contribution in [0.2, 0.25) is 0 Å². The number of cyclic esters (lactones) is 1. The first kappa shape index (κ1) is 13.2. The molecule has 0 aliphatic carbocycles. The molecule has 2 aromatic rings. The van der Waals surface area contributed by atoms with Gasteiger partial charge in [0, 0.05) is 13.0 Å². The van der Waals surface area contributed by atoms with E-state index in [1.54, 1.807) is 18.2 Å². The summed E-state index contributed by atoms with van der Waals surface area (Å²) in [5.74, 6) is -0.164. The minimum atomic E-state index is -0.461. The lowest BCUT2D eigenvalue weighted by Gasteiger charge is -2.12. The van der Waals surface area contributed by atoms with E-state index < -0.39 is 6.09 Å². The fourth-order valence-electron chi connectivity index (χ4n) is 2.20. The number of amides is 2. The zero-order chi connectivity index (χ0) is 15.0. The lowest BCUT2D eigenvalue weighted by atomic mass is 10.2. The average molecular weight is 290 g/mol. The van der Waals surface area contributed by atoms with Gasteiger partial charge < -0.3 is 20.2 Å². The molecule has 1 saturated heterocycles. The number of rotatable bonds is 3. The van der Waals surface area contributed by atoms with Crippen LogP contribution in [-0.4, -0.2) is 36.2 Å². The van der Waals surface area contributed by atoms with Crippen molar-refractivity contribution < 1.29 is 18.7 Å². The van der Waals surface area contributed by atoms with Gasteiger partial charge in [-0.05, 0) is 12.1 Å². The molecule has 1 aromatic carbocycles. The van der Waals surface area contributed by atoms with Crippen molar-refractivity contribution >= 4 is 34.8 Å². The summed E-state index contributed by atoms with van der Waals surface area (Å²) in [6, 6.07) is 5.22. The van der Waals surface area contributed by atoms with Gasteiger partial charge in [0.05, 0.1) is 18.8 Å². The van der Waals surface area contributed by atoms with Gasteiger partial charge in [-0.3, -0.25) is 9.69 Å². The summed E-state index contributed by atoms with van der Waals surface area (Å²) in [5.41, 5.74) is 7.25. The quantitative estimate of drug-likeness (QED) is 0.867. The minimum Gasteiger partial charge on any atom is -0.442 e. The van der Waals surface area contributed by atoms with Crippen LogP contribution in [0.3, 0.4) is 0 Å². The number of ether oxygens (including phenoxy) is 1. The summed E-state index contributed by atoms with van der Waals surface area (Å²) in [7, 11) is 0. The molecule has 0 unspecified atom stereocenters. The number of benzene rings is 1. The highest BCUT2D eigenvalue weighted by molar-refractivity contribution is 5.92. The molecule has 0 bridgehead atoms. The summed E-state index contributed by atoms with van der Waals surface area (Å²) in [4.78, 5) is 28.2. The van der Waals surface area contributed by atoms with Gasteiger partial charge in [-0.2, -0.15) is 4.98 Å². The molecule has 3 N–H and O–H groups in total. The first-order chi connectivity index (χ1) is 10.0. The van der Waals surface area contributed by atoms with Crippen LogP contribution in [0.5, 0.6) is 0 Å². The Balaban J connectivity index is 1.78. The normalized spacial score (nSPS) is 18.0. The third-order valence-corrected chi connectivity index (χ3v) is 3.15. The summed E-state index contributed by atoms with van der Waals surface area (Å²) in [6.07, 6.45) is -0.839. The highest BCUT2D eigenvalue weighted by atomic mass is 16.6. The second-order valence-electron chi connectivity index (χ2n) is 4.76. The molecular formula is C13H14N4O4. The molecule has 21 heavy (non-hydrogen) atoms. The molecule has 0 saturated carbocycles. The van der Waals surface area contributed by atoms with Gasteiger partial charge in [0.25, 0.3) is 6.01 Å². The van der Waals surface area contributed by atoms with Gasteiger partial charge >= 0.3 is 6.09 Å². The Morgan fingerprint density at radius 1 is 1.57 bits per heavy atom. The zero-order valence-corrected chi connectivity index (χ0v) is 11.3. The van der Waals surface area contributed by atoms with Crippen molar-refractivity contribution in [1.82, 2.24) is 10.3 Å². The van der Waals surface area contributed by atoms with E-state index in [4.69, 9.17) is 14.9 Å². The molecule has 0 spiro atoms. The maximum atomic E-state index is 11.9. The number of nitrogen functional groups attached to an aromatic ring is 1. The van der Waals surface area contributed by atoms with Crippen LogP contribution >= 0.6 is 0 Å². The predicted molar refractivity (Wildman–Crippen MR) is 74.7 cm³/mol. The van der Waals surface area contributed by atoms with Crippen molar-refractivity contribution in [1.29, 1.82) is 0 Å². The number of oxazole rings is 1. The van der Waals surface area contributed by atoms with Crippen molar-refractivity contribution in [2.24, 2.45) is 0 Å². The van der Waals surface area contributed by atoms with Crippen LogP contribution in [0.4, 0.5) is 16.5 Å². The van der Waals surface area contributed by atoms with E-state index >= 15 is 0 Å². The topological polar surface area (TPSA) is 111 Å². The monoisotopic (exact) mass is 290 g/mol. The molecule has 8 nitrogen and oxygen atoms in total. The first-order valence-corrected chi connectivity index (χ1v) is 6.41. The van der Waals surface area contributed by atoms with Gasteiger partial charge in [-0.1, -0.05) is 0 Å². The van der Waals surface area contributed by atoms with Crippen LogP contribution in [0.15, 0.2) is 22.6 Å². The van der Waals surface area contributed by atoms with Crippen LogP contribution in [0, 0.1) is 0 Å². The van der Waals surface area contributed by atoms with Crippen molar-refractivity contribution in [3.63, 3.8) is 0 Å². The molecular weight excluding hydrogens is 276 g/mol. The second kappa shape index (κ2) is 4.97. The molecule has 1 atom stereocenters. The Morgan fingerprint density at radius 2 is 2.38 bits per heavy atom. The highest BCUT2D eigenvalue weighted by Gasteiger charge is 2.32. The van der Waals surface area contributed by atoms with E-state index in [1.165, 1.54) is 11.8 Å². The molecule has 1 aliphatic rings. The molecule has 3 rings (SSSR count). The molecule has 110 valence electrons. The number of hydrogen-bond acceptors (Lipinski definition) is 6. The maximum absolute atomic E-state index is 11.9. The number of nitrogens with one attached hydrogen (secondary N) is 1. The average Bonchev–Trinajstić information content (AvgIpc) is 2.97. The zero-order valence-electron chi connectivity index (χ0n) is 11.3. The third-order valence-electron chi connectivity index (χ3n) is 3.15. The summed E-state index contributed by atoms with van der Waals surface area (Å²) >= 11 is 0. The first-order valence-electron chi connectivity index (χ1n) is 6.41. The van der Waals surface area contributed by atoms with E-state index in [2.05, 4.69) is 10.3 Å².